The number of fused-ring (bicyclic) bond motifs is 1. The van der Waals surface area contributed by atoms with E-state index in [1.54, 1.807) is 36.5 Å². The first-order chi connectivity index (χ1) is 17.1. The molecule has 0 spiro atoms. The zero-order valence-electron chi connectivity index (χ0n) is 19.1. The highest BCUT2D eigenvalue weighted by Crippen LogP contribution is 2.44. The smallest absolute Gasteiger partial charge is 0.261 e. The molecule has 4 aromatic rings. The van der Waals surface area contributed by atoms with Crippen LogP contribution in [-0.4, -0.2) is 23.4 Å². The number of nitrogens with zero attached hydrogens (tertiary/aromatic N) is 3. The first kappa shape index (κ1) is 23.9. The maximum absolute atomic E-state index is 13.5. The monoisotopic (exact) mass is 510 g/mol. The van der Waals surface area contributed by atoms with Crippen LogP contribution in [-0.2, 0) is 22.6 Å². The van der Waals surface area contributed by atoms with Gasteiger partial charge in [-0.3, -0.25) is 4.98 Å². The van der Waals surface area contributed by atoms with E-state index in [0.29, 0.717) is 24.0 Å². The summed E-state index contributed by atoms with van der Waals surface area (Å²) in [6.45, 7) is 1.81. The maximum Gasteiger partial charge on any atom is 0.416 e. The van der Waals surface area contributed by atoms with E-state index in [0.717, 1.165) is 28.5 Å². The minimum atomic E-state index is -4.47. The van der Waals surface area contributed by atoms with E-state index in [9.17, 15) is 21.6 Å². The number of hydrogen-bond donors (Lipinski definition) is 1. The van der Waals surface area contributed by atoms with Crippen molar-refractivity contribution in [3.63, 3.8) is 0 Å². The number of nitrogens with one attached hydrogen (secondary N) is 1. The third kappa shape index (κ3) is 4.68. The third-order valence-corrected chi connectivity index (χ3v) is 7.60. The largest absolute Gasteiger partial charge is 0.416 e. The fourth-order valence-electron chi connectivity index (χ4n) is 4.53. The number of aromatic nitrogens is 3. The number of alkyl halides is 3. The summed E-state index contributed by atoms with van der Waals surface area (Å²) in [5, 5.41) is 0. The van der Waals surface area contributed by atoms with Crippen LogP contribution in [0.15, 0.2) is 78.1 Å². The van der Waals surface area contributed by atoms with Gasteiger partial charge < -0.3 is 0 Å². The fourth-order valence-corrected chi connectivity index (χ4v) is 5.54. The van der Waals surface area contributed by atoms with Crippen LogP contribution < -0.4 is 4.72 Å². The highest BCUT2D eigenvalue weighted by molar-refractivity contribution is 7.92. The molecule has 0 amide bonds. The Morgan fingerprint density at radius 1 is 0.944 bits per heavy atom. The van der Waals surface area contributed by atoms with Gasteiger partial charge in [0.05, 0.1) is 10.5 Å². The second-order valence-electron chi connectivity index (χ2n) is 8.62. The summed E-state index contributed by atoms with van der Waals surface area (Å²) in [5.74, 6) is -0.210. The predicted octanol–water partition coefficient (Wildman–Crippen LogP) is 5.74. The van der Waals surface area contributed by atoms with Crippen LogP contribution in [0.5, 0.6) is 0 Å². The minimum Gasteiger partial charge on any atom is -0.261 e. The Labute approximate surface area is 206 Å². The topological polar surface area (TPSA) is 84.8 Å². The van der Waals surface area contributed by atoms with Gasteiger partial charge in [-0.1, -0.05) is 18.2 Å². The van der Waals surface area contributed by atoms with Gasteiger partial charge in [-0.25, -0.2) is 23.1 Å². The highest BCUT2D eigenvalue weighted by Gasteiger charge is 2.33. The molecule has 0 saturated heterocycles. The van der Waals surface area contributed by atoms with E-state index in [-0.39, 0.29) is 16.8 Å². The number of pyridine rings is 1. The molecule has 0 radical (unpaired) electrons. The van der Waals surface area contributed by atoms with Crippen molar-refractivity contribution in [2.24, 2.45) is 0 Å². The average molecular weight is 511 g/mol. The summed E-state index contributed by atoms with van der Waals surface area (Å²) in [6.07, 6.45) is 1.21. The van der Waals surface area contributed by atoms with Crippen molar-refractivity contribution in [1.82, 2.24) is 15.0 Å². The van der Waals surface area contributed by atoms with Crippen LogP contribution >= 0.6 is 0 Å². The highest BCUT2D eigenvalue weighted by atomic mass is 32.2. The second-order valence-corrected chi connectivity index (χ2v) is 10.3. The van der Waals surface area contributed by atoms with Crippen LogP contribution in [0, 0.1) is 6.92 Å². The molecular formula is C26H21F3N4O2S. The molecule has 1 aliphatic carbocycles. The summed E-state index contributed by atoms with van der Waals surface area (Å²) in [5.41, 5.74) is 3.59. The van der Waals surface area contributed by atoms with Crippen molar-refractivity contribution in [3.05, 3.63) is 101 Å². The Hall–Kier alpha value is -3.79. The zero-order valence-corrected chi connectivity index (χ0v) is 19.9. The van der Waals surface area contributed by atoms with Crippen molar-refractivity contribution in [2.75, 3.05) is 4.72 Å². The molecule has 36 heavy (non-hydrogen) atoms. The molecular weight excluding hydrogens is 489 g/mol. The normalized spacial score (nSPS) is 15.5. The number of rotatable bonds is 5. The van der Waals surface area contributed by atoms with Crippen LogP contribution in [0.3, 0.4) is 0 Å². The lowest BCUT2D eigenvalue weighted by atomic mass is 9.86. The molecule has 0 fully saturated rings. The predicted molar refractivity (Wildman–Crippen MR) is 129 cm³/mol. The van der Waals surface area contributed by atoms with Gasteiger partial charge in [0.1, 0.15) is 0 Å². The number of anilines is 1. The molecule has 0 aliphatic heterocycles. The van der Waals surface area contributed by atoms with Gasteiger partial charge in [0, 0.05) is 35.8 Å². The van der Waals surface area contributed by atoms with Gasteiger partial charge in [-0.05, 0) is 78.4 Å². The molecule has 2 aromatic carbocycles. The van der Waals surface area contributed by atoms with Crippen molar-refractivity contribution in [1.29, 1.82) is 0 Å². The van der Waals surface area contributed by atoms with Crippen molar-refractivity contribution in [3.8, 4) is 11.1 Å². The molecule has 1 aliphatic rings. The van der Waals surface area contributed by atoms with Crippen LogP contribution in [0.25, 0.3) is 11.1 Å². The average Bonchev–Trinajstić information content (AvgIpc) is 3.27. The lowest BCUT2D eigenvalue weighted by Gasteiger charge is -2.19. The van der Waals surface area contributed by atoms with Gasteiger partial charge in [0.15, 0.2) is 0 Å². The Kier molecular flexibility index (Phi) is 5.99. The van der Waals surface area contributed by atoms with E-state index in [2.05, 4.69) is 19.7 Å². The molecule has 1 atom stereocenters. The van der Waals surface area contributed by atoms with Gasteiger partial charge in [-0.2, -0.15) is 13.2 Å². The number of sulfonamides is 1. The maximum atomic E-state index is 13.5. The van der Waals surface area contributed by atoms with Crippen LogP contribution in [0.4, 0.5) is 19.1 Å². The van der Waals surface area contributed by atoms with Crippen molar-refractivity contribution < 1.29 is 21.6 Å². The first-order valence-corrected chi connectivity index (χ1v) is 12.7. The lowest BCUT2D eigenvalue weighted by molar-refractivity contribution is -0.137. The Balaban J connectivity index is 1.53. The standard InChI is InChI=1S/C26H21F3N4O2S/c1-16-3-4-18(15-32-16)24-14-19(26(27,28)29)6-9-23(24)22-8-5-17-13-20(7-10-21(17)22)36(34,35)33-25-30-11-2-12-31-25/h2-4,6-7,9-15,22H,5,8H2,1H3,(H,30,31,33)/t22-/m1/s1. The molecule has 0 bridgehead atoms. The molecule has 6 nitrogen and oxygen atoms in total. The van der Waals surface area contributed by atoms with Gasteiger partial charge in [-0.15, -0.1) is 0 Å². The van der Waals surface area contributed by atoms with E-state index < -0.39 is 21.8 Å². The Bertz CT molecular complexity index is 1520. The van der Waals surface area contributed by atoms with Crippen LogP contribution in [0.2, 0.25) is 0 Å². The molecule has 1 N–H and O–H groups in total. The van der Waals surface area contributed by atoms with Crippen molar-refractivity contribution >= 4 is 16.0 Å². The van der Waals surface area contributed by atoms with Gasteiger partial charge >= 0.3 is 6.18 Å². The van der Waals surface area contributed by atoms with E-state index in [4.69, 9.17) is 0 Å². The molecule has 10 heteroatoms. The molecule has 0 unspecified atom stereocenters. The number of benzene rings is 2. The number of hydrogen-bond acceptors (Lipinski definition) is 5. The molecule has 184 valence electrons. The molecule has 0 saturated carbocycles. The van der Waals surface area contributed by atoms with E-state index in [1.165, 1.54) is 30.6 Å². The SMILES string of the molecule is Cc1ccc(-c2cc(C(F)(F)F)ccc2[C@@H]2CCc3cc(S(=O)(=O)Nc4ncccn4)ccc32)cn1. The molecule has 5 rings (SSSR count). The second kappa shape index (κ2) is 9.02. The summed E-state index contributed by atoms with van der Waals surface area (Å²) < 4.78 is 68.6. The van der Waals surface area contributed by atoms with Gasteiger partial charge in [0.2, 0.25) is 5.95 Å². The molecule has 2 heterocycles. The van der Waals surface area contributed by atoms with Crippen LogP contribution in [0.1, 0.15) is 40.3 Å². The first-order valence-electron chi connectivity index (χ1n) is 11.2. The quantitative estimate of drug-likeness (QED) is 0.370. The summed E-state index contributed by atoms with van der Waals surface area (Å²) in [7, 11) is -3.90. The third-order valence-electron chi connectivity index (χ3n) is 6.27. The summed E-state index contributed by atoms with van der Waals surface area (Å²) in [6, 6.07) is 13.8. The minimum absolute atomic E-state index is 0.0306. The van der Waals surface area contributed by atoms with Gasteiger partial charge in [0.25, 0.3) is 10.0 Å². The Morgan fingerprint density at radius 3 is 2.39 bits per heavy atom. The zero-order chi connectivity index (χ0) is 25.5. The Morgan fingerprint density at radius 2 is 1.69 bits per heavy atom. The molecule has 2 aromatic heterocycles. The summed E-state index contributed by atoms with van der Waals surface area (Å²) in [4.78, 5) is 12.1. The van der Waals surface area contributed by atoms with Crippen molar-refractivity contribution in [2.45, 2.75) is 36.8 Å². The lowest BCUT2D eigenvalue weighted by Crippen LogP contribution is -2.15. The van der Waals surface area contributed by atoms with E-state index >= 15 is 0 Å². The fraction of sp³-hybridized carbons (Fsp3) is 0.192. The summed E-state index contributed by atoms with van der Waals surface area (Å²) >= 11 is 0. The number of aryl methyl sites for hydroxylation is 2. The number of halogens is 3. The van der Waals surface area contributed by atoms with E-state index in [1.807, 2.05) is 6.92 Å².